The van der Waals surface area contributed by atoms with Crippen molar-refractivity contribution < 1.29 is 23.1 Å². The maximum absolute atomic E-state index is 11.3. The molecule has 22 heavy (non-hydrogen) atoms. The predicted octanol–water partition coefficient (Wildman–Crippen LogP) is 0.483. The number of hydrogen-bond acceptors (Lipinski definition) is 7. The van der Waals surface area contributed by atoms with Gasteiger partial charge < -0.3 is 15.6 Å². The van der Waals surface area contributed by atoms with Crippen molar-refractivity contribution in [3.8, 4) is 0 Å². The Morgan fingerprint density at radius 3 is 2.82 bits per heavy atom. The standard InChI is InChI=1S/C12H22IN3O5S/c1-21-8-10-3-2-6-16(10)9(7-14)4-5-12(13,11(17)18)15-22(19)20/h9-10H,2-8,14H2,1H3,(H,17,18). The van der Waals surface area contributed by atoms with Crippen LogP contribution in [0, 0.1) is 0 Å². The van der Waals surface area contributed by atoms with Gasteiger partial charge in [0.15, 0.2) is 0 Å². The lowest BCUT2D eigenvalue weighted by atomic mass is 10.0. The maximum atomic E-state index is 11.3. The van der Waals surface area contributed by atoms with Crippen molar-refractivity contribution in [2.75, 3.05) is 26.8 Å². The fourth-order valence-corrected chi connectivity index (χ4v) is 4.00. The van der Waals surface area contributed by atoms with Crippen LogP contribution in [0.3, 0.4) is 0 Å². The monoisotopic (exact) mass is 447 g/mol. The van der Waals surface area contributed by atoms with Gasteiger partial charge in [-0.15, -0.1) is 4.36 Å². The second-order valence-corrected chi connectivity index (χ2v) is 7.69. The number of carboxylic acids is 1. The molecule has 128 valence electrons. The average molecular weight is 447 g/mol. The minimum atomic E-state index is -2.76. The Balaban J connectivity index is 2.77. The highest BCUT2D eigenvalue weighted by molar-refractivity contribution is 14.1. The maximum Gasteiger partial charge on any atom is 0.343 e. The molecule has 0 aliphatic carbocycles. The van der Waals surface area contributed by atoms with Gasteiger partial charge in [-0.3, -0.25) is 4.90 Å². The fourth-order valence-electron chi connectivity index (χ4n) is 2.80. The molecule has 3 atom stereocenters. The van der Waals surface area contributed by atoms with E-state index in [1.165, 1.54) is 0 Å². The highest BCUT2D eigenvalue weighted by Crippen LogP contribution is 2.30. The van der Waals surface area contributed by atoms with E-state index in [1.54, 1.807) is 29.7 Å². The number of rotatable bonds is 9. The van der Waals surface area contributed by atoms with Crippen molar-refractivity contribution in [3.63, 3.8) is 0 Å². The number of carboxylic acid groups (broad SMARTS) is 1. The van der Waals surface area contributed by atoms with Crippen molar-refractivity contribution in [3.05, 3.63) is 0 Å². The summed E-state index contributed by atoms with van der Waals surface area (Å²) in [5.41, 5.74) is 5.83. The van der Waals surface area contributed by atoms with Crippen LogP contribution in [0.5, 0.6) is 0 Å². The largest absolute Gasteiger partial charge is 0.479 e. The Kier molecular flexibility index (Phi) is 8.17. The molecule has 10 heteroatoms. The molecule has 8 nitrogen and oxygen atoms in total. The molecule has 1 fully saturated rings. The molecule has 1 rings (SSSR count). The van der Waals surface area contributed by atoms with Crippen molar-refractivity contribution in [1.29, 1.82) is 0 Å². The minimum absolute atomic E-state index is 0.00794. The van der Waals surface area contributed by atoms with E-state index in [0.29, 0.717) is 19.6 Å². The van der Waals surface area contributed by atoms with E-state index in [0.717, 1.165) is 19.4 Å². The van der Waals surface area contributed by atoms with Crippen molar-refractivity contribution in [2.24, 2.45) is 10.1 Å². The van der Waals surface area contributed by atoms with Crippen LogP contribution < -0.4 is 5.73 Å². The normalized spacial score (nSPS) is 23.0. The summed E-state index contributed by atoms with van der Waals surface area (Å²) in [5.74, 6) is -1.26. The Hall–Kier alpha value is -0.300. The van der Waals surface area contributed by atoms with Gasteiger partial charge in [-0.05, 0) is 54.8 Å². The van der Waals surface area contributed by atoms with Gasteiger partial charge in [-0.25, -0.2) is 4.79 Å². The third-order valence-electron chi connectivity index (χ3n) is 3.88. The summed E-state index contributed by atoms with van der Waals surface area (Å²) in [6, 6.07) is 0.268. The number of nitrogens with zero attached hydrogens (tertiary/aromatic N) is 2. The first-order chi connectivity index (χ1) is 10.3. The van der Waals surface area contributed by atoms with Gasteiger partial charge in [0, 0.05) is 25.7 Å². The Labute approximate surface area is 145 Å². The van der Waals surface area contributed by atoms with Gasteiger partial charge in [-0.1, -0.05) is 0 Å². The smallest absolute Gasteiger partial charge is 0.343 e. The summed E-state index contributed by atoms with van der Waals surface area (Å²) in [5, 5.41) is 9.23. The Morgan fingerprint density at radius 1 is 1.64 bits per heavy atom. The molecule has 0 aromatic heterocycles. The zero-order valence-electron chi connectivity index (χ0n) is 12.4. The van der Waals surface area contributed by atoms with E-state index in [4.69, 9.17) is 10.5 Å². The van der Waals surface area contributed by atoms with Crippen LogP contribution >= 0.6 is 22.6 Å². The van der Waals surface area contributed by atoms with E-state index in [-0.39, 0.29) is 18.5 Å². The highest BCUT2D eigenvalue weighted by atomic mass is 127. The van der Waals surface area contributed by atoms with E-state index in [9.17, 15) is 18.3 Å². The molecule has 0 saturated carbocycles. The molecule has 1 saturated heterocycles. The number of halogens is 1. The molecule has 0 aromatic carbocycles. The van der Waals surface area contributed by atoms with Crippen LogP contribution in [-0.2, 0) is 20.0 Å². The van der Waals surface area contributed by atoms with Gasteiger partial charge in [0.2, 0.25) is 3.55 Å². The summed E-state index contributed by atoms with van der Waals surface area (Å²) in [6.45, 7) is 1.88. The molecule has 3 unspecified atom stereocenters. The van der Waals surface area contributed by atoms with Crippen LogP contribution in [0.15, 0.2) is 4.36 Å². The van der Waals surface area contributed by atoms with Crippen molar-refractivity contribution in [1.82, 2.24) is 4.90 Å². The molecule has 0 aromatic rings. The molecule has 3 N–H and O–H groups in total. The number of alkyl halides is 1. The van der Waals surface area contributed by atoms with Gasteiger partial charge in [-0.2, -0.15) is 8.42 Å². The summed E-state index contributed by atoms with van der Waals surface area (Å²) in [4.78, 5) is 13.5. The average Bonchev–Trinajstić information content (AvgIpc) is 2.87. The van der Waals surface area contributed by atoms with E-state index in [1.807, 2.05) is 0 Å². The number of hydrogen-bond donors (Lipinski definition) is 2. The molecule has 1 aliphatic heterocycles. The van der Waals surface area contributed by atoms with E-state index < -0.39 is 20.0 Å². The van der Waals surface area contributed by atoms with Gasteiger partial charge in [0.05, 0.1) is 6.61 Å². The molecule has 0 radical (unpaired) electrons. The van der Waals surface area contributed by atoms with Crippen LogP contribution in [0.4, 0.5) is 0 Å². The third kappa shape index (κ3) is 5.41. The SMILES string of the molecule is COCC1CCCN1C(CN)CCC(I)(N=S(=O)=O)C(=O)O. The van der Waals surface area contributed by atoms with Crippen molar-refractivity contribution in [2.45, 2.75) is 41.3 Å². The molecular weight excluding hydrogens is 425 g/mol. The van der Waals surface area contributed by atoms with Gasteiger partial charge >= 0.3 is 16.5 Å². The summed E-state index contributed by atoms with van der Waals surface area (Å²) < 4.78 is 28.3. The second-order valence-electron chi connectivity index (χ2n) is 5.29. The fraction of sp³-hybridized carbons (Fsp3) is 0.917. The first kappa shape index (κ1) is 19.7. The molecule has 1 aliphatic rings. The molecule has 1 heterocycles. The zero-order valence-corrected chi connectivity index (χ0v) is 15.4. The second kappa shape index (κ2) is 9.11. The summed E-state index contributed by atoms with van der Waals surface area (Å²) in [6.07, 6.45) is 2.64. The quantitative estimate of drug-likeness (QED) is 0.300. The topological polar surface area (TPSA) is 122 Å². The first-order valence-electron chi connectivity index (χ1n) is 7.03. The summed E-state index contributed by atoms with van der Waals surface area (Å²) >= 11 is 1.57. The van der Waals surface area contributed by atoms with Crippen LogP contribution in [0.2, 0.25) is 0 Å². The van der Waals surface area contributed by atoms with Gasteiger partial charge in [0.1, 0.15) is 0 Å². The number of methoxy groups -OCH3 is 1. The number of nitrogens with two attached hydrogens (primary N) is 1. The molecule has 0 spiro atoms. The van der Waals surface area contributed by atoms with Crippen LogP contribution in [0.25, 0.3) is 0 Å². The number of carbonyl (C=O) groups is 1. The predicted molar refractivity (Wildman–Crippen MR) is 89.4 cm³/mol. The van der Waals surface area contributed by atoms with Crippen molar-refractivity contribution >= 4 is 39.1 Å². The van der Waals surface area contributed by atoms with E-state index in [2.05, 4.69) is 9.26 Å². The molecular formula is C12H22IN3O5S. The van der Waals surface area contributed by atoms with E-state index >= 15 is 0 Å². The minimum Gasteiger partial charge on any atom is -0.479 e. The summed E-state index contributed by atoms with van der Waals surface area (Å²) in [7, 11) is -1.11. The first-order valence-corrected chi connectivity index (χ1v) is 9.14. The van der Waals surface area contributed by atoms with Gasteiger partial charge in [0.25, 0.3) is 0 Å². The highest BCUT2D eigenvalue weighted by Gasteiger charge is 2.38. The lowest BCUT2D eigenvalue weighted by Crippen LogP contribution is -2.46. The Bertz CT molecular complexity index is 507. The van der Waals surface area contributed by atoms with Crippen LogP contribution in [-0.4, -0.2) is 66.8 Å². The zero-order chi connectivity index (χ0) is 16.8. The third-order valence-corrected chi connectivity index (χ3v) is 5.91. The number of ether oxygens (including phenoxy) is 1. The Morgan fingerprint density at radius 2 is 2.32 bits per heavy atom. The van der Waals surface area contributed by atoms with Crippen LogP contribution in [0.1, 0.15) is 25.7 Å². The lowest BCUT2D eigenvalue weighted by molar-refractivity contribution is -0.139. The number of aliphatic carboxylic acids is 1. The molecule has 0 bridgehead atoms. The number of likely N-dealkylation sites (tertiary alicyclic amines) is 1. The lowest BCUT2D eigenvalue weighted by Gasteiger charge is -2.33. The molecule has 0 amide bonds.